The van der Waals surface area contributed by atoms with Crippen molar-refractivity contribution < 1.29 is 13.9 Å². The van der Waals surface area contributed by atoms with Crippen LogP contribution in [0.15, 0.2) is 65.8 Å². The minimum absolute atomic E-state index is 0.212. The first-order valence-electron chi connectivity index (χ1n) is 8.92. The Hall–Kier alpha value is -3.21. The zero-order valence-electron chi connectivity index (χ0n) is 15.1. The fourth-order valence-corrected chi connectivity index (χ4v) is 2.71. The molecule has 1 N–H and O–H groups in total. The predicted octanol–water partition coefficient (Wildman–Crippen LogP) is 4.92. The van der Waals surface area contributed by atoms with Crippen molar-refractivity contribution in [3.8, 4) is 5.75 Å². The number of nitrogens with one attached hydrogen (secondary N) is 1. The van der Waals surface area contributed by atoms with E-state index < -0.39 is 11.7 Å². The summed E-state index contributed by atoms with van der Waals surface area (Å²) < 4.78 is 19.1. The topological polar surface area (TPSA) is 50.7 Å². The molecule has 0 aromatic heterocycles. The molecule has 0 fully saturated rings. The second-order valence-electron chi connectivity index (χ2n) is 6.11. The van der Waals surface area contributed by atoms with E-state index in [9.17, 15) is 9.18 Å². The summed E-state index contributed by atoms with van der Waals surface area (Å²) in [6.45, 7) is 2.72. The van der Waals surface area contributed by atoms with Gasteiger partial charge in [0.2, 0.25) is 0 Å². The molecule has 0 spiro atoms. The van der Waals surface area contributed by atoms with E-state index in [1.807, 2.05) is 36.4 Å². The minimum atomic E-state index is -0.473. The average Bonchev–Trinajstić information content (AvgIpc) is 2.69. The van der Waals surface area contributed by atoms with Crippen LogP contribution in [0.1, 0.15) is 35.7 Å². The van der Waals surface area contributed by atoms with Crippen LogP contribution in [-0.2, 0) is 0 Å². The number of fused-ring (bicyclic) bond motifs is 1. The monoisotopic (exact) mass is 364 g/mol. The zero-order valence-corrected chi connectivity index (χ0v) is 15.1. The van der Waals surface area contributed by atoms with Crippen LogP contribution in [-0.4, -0.2) is 18.7 Å². The van der Waals surface area contributed by atoms with Gasteiger partial charge in [0.1, 0.15) is 11.6 Å². The smallest absolute Gasteiger partial charge is 0.271 e. The maximum absolute atomic E-state index is 13.3. The lowest BCUT2D eigenvalue weighted by Crippen LogP contribution is -2.17. The van der Waals surface area contributed by atoms with Crippen molar-refractivity contribution in [2.24, 2.45) is 5.10 Å². The summed E-state index contributed by atoms with van der Waals surface area (Å²) in [5.41, 5.74) is 3.45. The van der Waals surface area contributed by atoms with Gasteiger partial charge in [0.05, 0.1) is 12.8 Å². The second-order valence-corrected chi connectivity index (χ2v) is 6.11. The van der Waals surface area contributed by atoms with Crippen molar-refractivity contribution >= 4 is 22.9 Å². The third-order valence-corrected chi connectivity index (χ3v) is 4.13. The molecule has 1 amide bonds. The van der Waals surface area contributed by atoms with Crippen molar-refractivity contribution in [3.05, 3.63) is 77.6 Å². The molecule has 0 bridgehead atoms. The molecule has 3 aromatic rings. The number of ether oxygens (including phenoxy) is 1. The summed E-state index contributed by atoms with van der Waals surface area (Å²) in [7, 11) is 0. The molecule has 0 saturated heterocycles. The largest absolute Gasteiger partial charge is 0.493 e. The first-order valence-corrected chi connectivity index (χ1v) is 8.92. The van der Waals surface area contributed by atoms with E-state index >= 15 is 0 Å². The number of nitrogens with zero attached hydrogens (tertiary/aromatic N) is 1. The molecule has 5 heteroatoms. The minimum Gasteiger partial charge on any atom is -0.493 e. The van der Waals surface area contributed by atoms with E-state index in [4.69, 9.17) is 4.74 Å². The second kappa shape index (κ2) is 8.94. The van der Waals surface area contributed by atoms with Gasteiger partial charge < -0.3 is 4.74 Å². The molecule has 0 aliphatic carbocycles. The number of hydrazone groups is 1. The van der Waals surface area contributed by atoms with E-state index in [0.29, 0.717) is 12.4 Å². The highest BCUT2D eigenvalue weighted by Gasteiger charge is 2.08. The molecule has 0 atom stereocenters. The number of benzene rings is 3. The van der Waals surface area contributed by atoms with Gasteiger partial charge in [-0.3, -0.25) is 4.79 Å². The molecule has 4 nitrogen and oxygen atoms in total. The molecule has 138 valence electrons. The zero-order chi connectivity index (χ0) is 19.1. The number of halogens is 1. The highest BCUT2D eigenvalue weighted by atomic mass is 19.1. The summed E-state index contributed by atoms with van der Waals surface area (Å²) in [6.07, 6.45) is 3.57. The maximum Gasteiger partial charge on any atom is 0.271 e. The fourth-order valence-electron chi connectivity index (χ4n) is 2.71. The van der Waals surface area contributed by atoms with E-state index in [1.54, 1.807) is 6.21 Å². The lowest BCUT2D eigenvalue weighted by Gasteiger charge is -2.11. The van der Waals surface area contributed by atoms with Crippen molar-refractivity contribution in [2.75, 3.05) is 6.61 Å². The predicted molar refractivity (Wildman–Crippen MR) is 106 cm³/mol. The molecular weight excluding hydrogens is 343 g/mol. The van der Waals surface area contributed by atoms with Gasteiger partial charge >= 0.3 is 0 Å². The Morgan fingerprint density at radius 2 is 2.00 bits per heavy atom. The van der Waals surface area contributed by atoms with Crippen LogP contribution >= 0.6 is 0 Å². The Kier molecular flexibility index (Phi) is 6.15. The van der Waals surface area contributed by atoms with Gasteiger partial charge in [0, 0.05) is 11.1 Å². The molecule has 0 radical (unpaired) electrons. The SMILES string of the molecule is CCCCOc1ccc2ccccc2c1/C=N\NC(=O)c1cccc(F)c1. The first kappa shape index (κ1) is 18.6. The molecule has 3 rings (SSSR count). The molecule has 0 aliphatic rings. The number of hydrogen-bond acceptors (Lipinski definition) is 3. The van der Waals surface area contributed by atoms with Gasteiger partial charge in [0.15, 0.2) is 0 Å². The van der Waals surface area contributed by atoms with Crippen molar-refractivity contribution in [3.63, 3.8) is 0 Å². The lowest BCUT2D eigenvalue weighted by atomic mass is 10.0. The molecule has 3 aromatic carbocycles. The highest BCUT2D eigenvalue weighted by molar-refractivity contribution is 6.03. The van der Waals surface area contributed by atoms with Gasteiger partial charge in [-0.2, -0.15) is 5.10 Å². The Balaban J connectivity index is 1.84. The third kappa shape index (κ3) is 4.70. The van der Waals surface area contributed by atoms with E-state index in [0.717, 1.165) is 29.2 Å². The fraction of sp³-hybridized carbons (Fsp3) is 0.182. The quantitative estimate of drug-likeness (QED) is 0.367. The summed E-state index contributed by atoms with van der Waals surface area (Å²) in [5.74, 6) is -0.224. The number of unbranched alkanes of at least 4 members (excludes halogenated alkanes) is 1. The lowest BCUT2D eigenvalue weighted by molar-refractivity contribution is 0.0954. The van der Waals surface area contributed by atoms with Crippen LogP contribution in [0.3, 0.4) is 0 Å². The average molecular weight is 364 g/mol. The van der Waals surface area contributed by atoms with Crippen molar-refractivity contribution in [2.45, 2.75) is 19.8 Å². The Bertz CT molecular complexity index is 969. The van der Waals surface area contributed by atoms with E-state index in [2.05, 4.69) is 17.5 Å². The normalized spacial score (nSPS) is 11.0. The maximum atomic E-state index is 13.3. The third-order valence-electron chi connectivity index (χ3n) is 4.13. The van der Waals surface area contributed by atoms with Crippen LogP contribution in [0, 0.1) is 5.82 Å². The standard InChI is InChI=1S/C22H21FN2O2/c1-2-3-13-27-21-12-11-16-7-4-5-10-19(16)20(21)15-24-25-22(26)17-8-6-9-18(23)14-17/h4-12,14-15H,2-3,13H2,1H3,(H,25,26)/b24-15-. The number of amides is 1. The summed E-state index contributed by atoms with van der Waals surface area (Å²) in [5, 5.41) is 6.10. The van der Waals surface area contributed by atoms with Crippen LogP contribution < -0.4 is 10.2 Å². The number of carbonyl (C=O) groups is 1. The first-order chi connectivity index (χ1) is 13.2. The number of rotatable bonds is 7. The number of hydrogen-bond donors (Lipinski definition) is 1. The Labute approximate surface area is 157 Å². The van der Waals surface area contributed by atoms with E-state index in [1.165, 1.54) is 24.3 Å². The highest BCUT2D eigenvalue weighted by Crippen LogP contribution is 2.27. The van der Waals surface area contributed by atoms with Crippen LogP contribution in [0.2, 0.25) is 0 Å². The Morgan fingerprint density at radius 3 is 2.81 bits per heavy atom. The molecule has 27 heavy (non-hydrogen) atoms. The van der Waals surface area contributed by atoms with Crippen molar-refractivity contribution in [1.29, 1.82) is 0 Å². The van der Waals surface area contributed by atoms with Gasteiger partial charge in [-0.05, 0) is 41.5 Å². The van der Waals surface area contributed by atoms with Gasteiger partial charge in [-0.15, -0.1) is 0 Å². The summed E-state index contributed by atoms with van der Waals surface area (Å²) in [6, 6.07) is 17.3. The molecular formula is C22H21FN2O2. The van der Waals surface area contributed by atoms with Crippen LogP contribution in [0.25, 0.3) is 10.8 Å². The van der Waals surface area contributed by atoms with Gasteiger partial charge in [-0.25, -0.2) is 9.82 Å². The van der Waals surface area contributed by atoms with Crippen LogP contribution in [0.5, 0.6) is 5.75 Å². The molecule has 0 unspecified atom stereocenters. The van der Waals surface area contributed by atoms with Gasteiger partial charge in [0.25, 0.3) is 5.91 Å². The molecule has 0 saturated carbocycles. The van der Waals surface area contributed by atoms with Crippen molar-refractivity contribution in [1.82, 2.24) is 5.43 Å². The molecule has 0 aliphatic heterocycles. The Morgan fingerprint density at radius 1 is 1.15 bits per heavy atom. The summed E-state index contributed by atoms with van der Waals surface area (Å²) >= 11 is 0. The number of carbonyl (C=O) groups excluding carboxylic acids is 1. The molecule has 0 heterocycles. The van der Waals surface area contributed by atoms with E-state index in [-0.39, 0.29) is 5.56 Å². The van der Waals surface area contributed by atoms with Gasteiger partial charge in [-0.1, -0.05) is 49.7 Å². The van der Waals surface area contributed by atoms with Crippen LogP contribution in [0.4, 0.5) is 4.39 Å². The summed E-state index contributed by atoms with van der Waals surface area (Å²) in [4.78, 5) is 12.1.